The minimum absolute atomic E-state index is 0.964. The van der Waals surface area contributed by atoms with E-state index in [4.69, 9.17) is 12.2 Å². The average molecular weight is 249 g/mol. The normalized spacial score (nSPS) is 23.3. The van der Waals surface area contributed by atoms with Crippen LogP contribution < -0.4 is 16.4 Å². The van der Waals surface area contributed by atoms with Gasteiger partial charge in [-0.15, -0.1) is 0 Å². The third kappa shape index (κ3) is 5.64. The molecule has 0 aromatic heterocycles. The molecular formula is C8H19N5S2. The second-order valence-electron chi connectivity index (χ2n) is 3.57. The van der Waals surface area contributed by atoms with Gasteiger partial charge >= 0.3 is 0 Å². The van der Waals surface area contributed by atoms with Crippen molar-refractivity contribution in [2.75, 3.05) is 39.7 Å². The van der Waals surface area contributed by atoms with E-state index < -0.39 is 0 Å². The van der Waals surface area contributed by atoms with Crippen LogP contribution >= 0.6 is 24.0 Å². The Bertz CT molecular complexity index is 186. The van der Waals surface area contributed by atoms with Crippen molar-refractivity contribution in [3.8, 4) is 0 Å². The number of nitrogens with one attached hydrogen (secondary N) is 3. The molecule has 2 saturated heterocycles. The number of nitrogens with zero attached hydrogens (tertiary/aromatic N) is 2. The molecule has 0 radical (unpaired) electrons. The van der Waals surface area contributed by atoms with E-state index in [0.29, 0.717) is 0 Å². The first-order chi connectivity index (χ1) is 7.20. The van der Waals surface area contributed by atoms with Crippen LogP contribution in [0.25, 0.3) is 0 Å². The van der Waals surface area contributed by atoms with Gasteiger partial charge in [0.15, 0.2) is 0 Å². The van der Waals surface area contributed by atoms with E-state index in [-0.39, 0.29) is 0 Å². The number of hydrogen-bond donors (Lipinski definition) is 3. The van der Waals surface area contributed by atoms with Crippen molar-refractivity contribution in [3.63, 3.8) is 0 Å². The zero-order valence-electron chi connectivity index (χ0n) is 9.25. The minimum atomic E-state index is 0.964. The van der Waals surface area contributed by atoms with E-state index in [0.717, 1.165) is 30.0 Å². The molecule has 88 valence electrons. The lowest BCUT2D eigenvalue weighted by atomic mass is 10.4. The number of thioether (sulfide) groups is 1. The van der Waals surface area contributed by atoms with Crippen molar-refractivity contribution in [2.24, 2.45) is 0 Å². The van der Waals surface area contributed by atoms with E-state index in [1.54, 1.807) is 11.8 Å². The Balaban J connectivity index is 0.000000162. The molecule has 2 heterocycles. The molecule has 5 nitrogen and oxygen atoms in total. The molecule has 0 atom stereocenters. The first-order valence-corrected chi connectivity index (χ1v) is 6.36. The monoisotopic (exact) mass is 249 g/mol. The summed E-state index contributed by atoms with van der Waals surface area (Å²) in [6, 6.07) is 0. The maximum Gasteiger partial charge on any atom is 0.138 e. The van der Waals surface area contributed by atoms with Crippen molar-refractivity contribution in [1.82, 2.24) is 26.2 Å². The molecule has 0 aliphatic carbocycles. The van der Waals surface area contributed by atoms with Crippen molar-refractivity contribution >= 4 is 28.3 Å². The summed E-state index contributed by atoms with van der Waals surface area (Å²) in [5.74, 6) is 1.03. The fourth-order valence-corrected chi connectivity index (χ4v) is 2.10. The Morgan fingerprint density at radius 2 is 1.93 bits per heavy atom. The summed E-state index contributed by atoms with van der Waals surface area (Å²) in [6.07, 6.45) is 1.22. The van der Waals surface area contributed by atoms with Gasteiger partial charge in [0.2, 0.25) is 0 Å². The number of rotatable bonds is 0. The number of thiocarbonyl (C=S) groups is 1. The third-order valence-electron chi connectivity index (χ3n) is 1.95. The average Bonchev–Trinajstić information content (AvgIpc) is 2.27. The van der Waals surface area contributed by atoms with Gasteiger partial charge in [0.1, 0.15) is 4.32 Å². The first-order valence-electron chi connectivity index (χ1n) is 4.97. The lowest BCUT2D eigenvalue weighted by molar-refractivity contribution is 0.278. The predicted molar refractivity (Wildman–Crippen MR) is 69.2 cm³/mol. The Hall–Kier alpha value is 0.0800. The third-order valence-corrected chi connectivity index (χ3v) is 3.75. The molecule has 0 unspecified atom stereocenters. The van der Waals surface area contributed by atoms with Crippen LogP contribution in [0.15, 0.2) is 0 Å². The smallest absolute Gasteiger partial charge is 0.138 e. The topological polar surface area (TPSA) is 42.6 Å². The molecule has 0 spiro atoms. The molecule has 2 aliphatic rings. The lowest BCUT2D eigenvalue weighted by Gasteiger charge is -2.31. The van der Waals surface area contributed by atoms with Crippen LogP contribution in [0.3, 0.4) is 0 Å². The minimum Gasteiger partial charge on any atom is -0.348 e. The highest BCUT2D eigenvalue weighted by Crippen LogP contribution is 2.14. The van der Waals surface area contributed by atoms with Gasteiger partial charge in [-0.25, -0.2) is 10.9 Å². The van der Waals surface area contributed by atoms with Crippen LogP contribution in [0, 0.1) is 0 Å². The molecule has 3 N–H and O–H groups in total. The van der Waals surface area contributed by atoms with Crippen LogP contribution in [-0.2, 0) is 0 Å². The molecule has 2 aliphatic heterocycles. The van der Waals surface area contributed by atoms with Gasteiger partial charge in [0, 0.05) is 20.1 Å². The Morgan fingerprint density at radius 1 is 1.27 bits per heavy atom. The maximum atomic E-state index is 5.04. The summed E-state index contributed by atoms with van der Waals surface area (Å²) in [4.78, 5) is 4.30. The van der Waals surface area contributed by atoms with Crippen molar-refractivity contribution in [1.29, 1.82) is 0 Å². The molecule has 7 heteroatoms. The maximum absolute atomic E-state index is 5.04. The van der Waals surface area contributed by atoms with Gasteiger partial charge in [0.05, 0.1) is 12.5 Å². The van der Waals surface area contributed by atoms with E-state index >= 15 is 0 Å². The van der Waals surface area contributed by atoms with Gasteiger partial charge in [-0.3, -0.25) is 4.90 Å². The lowest BCUT2D eigenvalue weighted by Crippen LogP contribution is -2.49. The fraction of sp³-hybridized carbons (Fsp3) is 0.875. The summed E-state index contributed by atoms with van der Waals surface area (Å²) < 4.78 is 1.01. The molecule has 0 aromatic rings. The summed E-state index contributed by atoms with van der Waals surface area (Å²) in [5.41, 5.74) is 8.63. The highest BCUT2D eigenvalue weighted by molar-refractivity contribution is 8.22. The van der Waals surface area contributed by atoms with Crippen LogP contribution in [0.4, 0.5) is 0 Å². The largest absolute Gasteiger partial charge is 0.348 e. The second kappa shape index (κ2) is 7.37. The molecule has 15 heavy (non-hydrogen) atoms. The molecule has 0 saturated carbocycles. The summed E-state index contributed by atoms with van der Waals surface area (Å²) >= 11 is 6.76. The van der Waals surface area contributed by atoms with E-state index in [1.165, 1.54) is 6.42 Å². The molecular weight excluding hydrogens is 230 g/mol. The van der Waals surface area contributed by atoms with E-state index in [2.05, 4.69) is 33.2 Å². The highest BCUT2D eigenvalue weighted by Gasteiger charge is 2.13. The number of hydrazine groups is 2. The molecule has 2 rings (SSSR count). The van der Waals surface area contributed by atoms with Crippen LogP contribution in [-0.4, -0.2) is 53.9 Å². The second-order valence-corrected chi connectivity index (χ2v) is 5.15. The molecule has 0 bridgehead atoms. The van der Waals surface area contributed by atoms with Gasteiger partial charge in [-0.1, -0.05) is 24.0 Å². The predicted octanol–water partition coefficient (Wildman–Crippen LogP) is -0.214. The van der Waals surface area contributed by atoms with Gasteiger partial charge < -0.3 is 4.90 Å². The van der Waals surface area contributed by atoms with Crippen molar-refractivity contribution < 1.29 is 0 Å². The Morgan fingerprint density at radius 3 is 2.27 bits per heavy atom. The van der Waals surface area contributed by atoms with Crippen LogP contribution in [0.2, 0.25) is 0 Å². The van der Waals surface area contributed by atoms with Crippen molar-refractivity contribution in [3.05, 3.63) is 0 Å². The van der Waals surface area contributed by atoms with E-state index in [9.17, 15) is 0 Å². The molecule has 0 aromatic carbocycles. The van der Waals surface area contributed by atoms with Gasteiger partial charge in [-0.2, -0.15) is 5.53 Å². The first kappa shape index (κ1) is 13.1. The fourth-order valence-electron chi connectivity index (χ4n) is 1.19. The SMILES string of the molecule is C1CNNNC1.CN1CSC(=S)N(C)C1. The van der Waals surface area contributed by atoms with Gasteiger partial charge in [-0.05, 0) is 13.5 Å². The molecule has 0 amide bonds. The van der Waals surface area contributed by atoms with Crippen LogP contribution in [0.5, 0.6) is 0 Å². The van der Waals surface area contributed by atoms with Crippen molar-refractivity contribution in [2.45, 2.75) is 6.42 Å². The molecule has 2 fully saturated rings. The summed E-state index contributed by atoms with van der Waals surface area (Å²) in [7, 11) is 4.11. The number of hydrogen-bond acceptors (Lipinski definition) is 6. The zero-order valence-corrected chi connectivity index (χ0v) is 10.9. The standard InChI is InChI=1S/C5H10N2S2.C3H9N3/c1-6-3-7(2)5(8)9-4-6;1-2-4-6-5-3-1/h3-4H2,1-2H3;4-6H,1-3H2. The quantitative estimate of drug-likeness (QED) is 0.513. The van der Waals surface area contributed by atoms with Crippen LogP contribution in [0.1, 0.15) is 6.42 Å². The zero-order chi connectivity index (χ0) is 11.1. The van der Waals surface area contributed by atoms with Gasteiger partial charge in [0.25, 0.3) is 0 Å². The highest BCUT2D eigenvalue weighted by atomic mass is 32.2. The summed E-state index contributed by atoms with van der Waals surface area (Å²) in [6.45, 7) is 3.12. The Labute approximate surface area is 101 Å². The van der Waals surface area contributed by atoms with E-state index in [1.807, 2.05) is 7.05 Å². The summed E-state index contributed by atoms with van der Waals surface area (Å²) in [5, 5.41) is 0. The Kier molecular flexibility index (Phi) is 6.46.